The number of benzene rings is 2. The minimum atomic E-state index is 0.563. The molecule has 3 rings (SSSR count). The van der Waals surface area contributed by atoms with Gasteiger partial charge in [0.25, 0.3) is 0 Å². The van der Waals surface area contributed by atoms with E-state index in [1.54, 1.807) is 0 Å². The first-order valence-corrected chi connectivity index (χ1v) is 8.08. The number of rotatable bonds is 3. The number of hydrogen-bond donors (Lipinski definition) is 0. The number of nitrogens with zero attached hydrogens (tertiary/aromatic N) is 2. The topological polar surface area (TPSA) is 6.48 Å². The van der Waals surface area contributed by atoms with Crippen LogP contribution >= 0.6 is 23.2 Å². The number of anilines is 2. The van der Waals surface area contributed by atoms with Crippen molar-refractivity contribution < 1.29 is 0 Å². The molecule has 1 aliphatic rings. The van der Waals surface area contributed by atoms with Crippen LogP contribution in [0.25, 0.3) is 0 Å². The third-order valence-electron chi connectivity index (χ3n) is 3.95. The second kappa shape index (κ2) is 6.59. The van der Waals surface area contributed by atoms with Crippen LogP contribution in [0, 0.1) is 0 Å². The maximum absolute atomic E-state index is 6.04. The molecule has 0 saturated carbocycles. The molecule has 2 aromatic rings. The molecule has 0 N–H and O–H groups in total. The van der Waals surface area contributed by atoms with Gasteiger partial charge in [0.05, 0.1) is 0 Å². The fraction of sp³-hybridized carbons (Fsp3) is 0.294. The van der Waals surface area contributed by atoms with Gasteiger partial charge in [0.2, 0.25) is 0 Å². The van der Waals surface area contributed by atoms with E-state index in [1.165, 1.54) is 16.9 Å². The average molecular weight is 321 g/mol. The Bertz CT molecular complexity index is 590. The number of piperazine rings is 1. The Kier molecular flexibility index (Phi) is 4.57. The largest absolute Gasteiger partial charge is 0.368 e. The Morgan fingerprint density at radius 3 is 2.10 bits per heavy atom. The molecule has 0 aromatic heterocycles. The Morgan fingerprint density at radius 1 is 0.810 bits per heavy atom. The summed E-state index contributed by atoms with van der Waals surface area (Å²) < 4.78 is 0. The summed E-state index contributed by atoms with van der Waals surface area (Å²) in [6.07, 6.45) is 0. The molecule has 0 unspecified atom stereocenters. The summed E-state index contributed by atoms with van der Waals surface area (Å²) in [7, 11) is 0. The van der Waals surface area contributed by atoms with Crippen LogP contribution in [-0.2, 0) is 5.88 Å². The average Bonchev–Trinajstić information content (AvgIpc) is 2.56. The van der Waals surface area contributed by atoms with E-state index in [4.69, 9.17) is 23.2 Å². The lowest BCUT2D eigenvalue weighted by Crippen LogP contribution is -2.46. The van der Waals surface area contributed by atoms with Crippen molar-refractivity contribution in [3.8, 4) is 0 Å². The van der Waals surface area contributed by atoms with Crippen LogP contribution in [0.5, 0.6) is 0 Å². The van der Waals surface area contributed by atoms with Crippen molar-refractivity contribution in [2.45, 2.75) is 5.88 Å². The zero-order valence-corrected chi connectivity index (χ0v) is 13.3. The lowest BCUT2D eigenvalue weighted by Gasteiger charge is -2.38. The van der Waals surface area contributed by atoms with E-state index < -0.39 is 0 Å². The second-order valence-electron chi connectivity index (χ2n) is 5.21. The molecule has 0 atom stereocenters. The summed E-state index contributed by atoms with van der Waals surface area (Å²) in [5.41, 5.74) is 3.71. The Morgan fingerprint density at radius 2 is 1.43 bits per heavy atom. The van der Waals surface area contributed by atoms with Crippen LogP contribution in [0.4, 0.5) is 11.4 Å². The highest BCUT2D eigenvalue weighted by Gasteiger charge is 2.18. The van der Waals surface area contributed by atoms with Crippen LogP contribution in [-0.4, -0.2) is 26.2 Å². The third kappa shape index (κ3) is 3.28. The van der Waals surface area contributed by atoms with Gasteiger partial charge in [-0.15, -0.1) is 11.6 Å². The zero-order chi connectivity index (χ0) is 14.7. The van der Waals surface area contributed by atoms with Crippen LogP contribution in [0.3, 0.4) is 0 Å². The van der Waals surface area contributed by atoms with Gasteiger partial charge in [-0.25, -0.2) is 0 Å². The number of halogens is 2. The molecule has 4 heteroatoms. The molecule has 1 aliphatic heterocycles. The molecule has 21 heavy (non-hydrogen) atoms. The quantitative estimate of drug-likeness (QED) is 0.773. The van der Waals surface area contributed by atoms with Gasteiger partial charge in [0.1, 0.15) is 0 Å². The van der Waals surface area contributed by atoms with E-state index in [2.05, 4.69) is 40.1 Å². The van der Waals surface area contributed by atoms with Crippen molar-refractivity contribution >= 4 is 34.6 Å². The number of alkyl halides is 1. The molecular weight excluding hydrogens is 303 g/mol. The Balaban J connectivity index is 1.69. The van der Waals surface area contributed by atoms with Crippen molar-refractivity contribution in [2.24, 2.45) is 0 Å². The highest BCUT2D eigenvalue weighted by atomic mass is 35.5. The van der Waals surface area contributed by atoms with Gasteiger partial charge >= 0.3 is 0 Å². The van der Waals surface area contributed by atoms with E-state index >= 15 is 0 Å². The molecule has 1 fully saturated rings. The first-order valence-electron chi connectivity index (χ1n) is 7.17. The number of hydrogen-bond acceptors (Lipinski definition) is 2. The van der Waals surface area contributed by atoms with E-state index in [9.17, 15) is 0 Å². The highest BCUT2D eigenvalue weighted by molar-refractivity contribution is 6.30. The molecule has 2 nitrogen and oxygen atoms in total. The summed E-state index contributed by atoms with van der Waals surface area (Å²) in [6.45, 7) is 4.05. The van der Waals surface area contributed by atoms with Crippen LogP contribution in [0.15, 0.2) is 48.5 Å². The predicted molar refractivity (Wildman–Crippen MR) is 91.9 cm³/mol. The third-order valence-corrected chi connectivity index (χ3v) is 4.49. The predicted octanol–water partition coefficient (Wildman–Crippen LogP) is 4.41. The van der Waals surface area contributed by atoms with Gasteiger partial charge in [-0.2, -0.15) is 0 Å². The normalized spacial score (nSPS) is 15.3. The van der Waals surface area contributed by atoms with E-state index in [0.717, 1.165) is 31.2 Å². The van der Waals surface area contributed by atoms with Crippen molar-refractivity contribution in [1.82, 2.24) is 0 Å². The lowest BCUT2D eigenvalue weighted by atomic mass is 10.1. The first-order chi connectivity index (χ1) is 10.3. The Labute approximate surface area is 135 Å². The summed E-state index contributed by atoms with van der Waals surface area (Å²) >= 11 is 12.0. The summed E-state index contributed by atoms with van der Waals surface area (Å²) in [5.74, 6) is 0.563. The maximum atomic E-state index is 6.04. The van der Waals surface area contributed by atoms with E-state index in [0.29, 0.717) is 5.88 Å². The van der Waals surface area contributed by atoms with E-state index in [1.807, 2.05) is 18.2 Å². The van der Waals surface area contributed by atoms with Crippen molar-refractivity contribution in [2.75, 3.05) is 36.0 Å². The molecular formula is C17H18Cl2N2. The molecule has 110 valence electrons. The molecule has 2 aromatic carbocycles. The molecule has 0 aliphatic carbocycles. The monoisotopic (exact) mass is 320 g/mol. The molecule has 1 heterocycles. The molecule has 0 radical (unpaired) electrons. The zero-order valence-electron chi connectivity index (χ0n) is 11.8. The summed E-state index contributed by atoms with van der Waals surface area (Å²) in [6, 6.07) is 16.5. The van der Waals surface area contributed by atoms with Crippen molar-refractivity contribution in [3.63, 3.8) is 0 Å². The van der Waals surface area contributed by atoms with Crippen molar-refractivity contribution in [3.05, 3.63) is 59.1 Å². The molecule has 0 spiro atoms. The fourth-order valence-corrected chi connectivity index (χ4v) is 3.14. The maximum Gasteiger partial charge on any atom is 0.0494 e. The first kappa shape index (κ1) is 14.6. The van der Waals surface area contributed by atoms with Gasteiger partial charge < -0.3 is 9.80 Å². The fourth-order valence-electron chi connectivity index (χ4n) is 2.79. The van der Waals surface area contributed by atoms with Gasteiger partial charge in [-0.1, -0.05) is 29.8 Å². The number of para-hydroxylation sites is 1. The SMILES string of the molecule is ClCc1ccccc1N1CCN(c2ccc(Cl)cc2)CC1. The van der Waals surface area contributed by atoms with Gasteiger partial charge in [0.15, 0.2) is 0 Å². The van der Waals surface area contributed by atoms with E-state index in [-0.39, 0.29) is 0 Å². The lowest BCUT2D eigenvalue weighted by molar-refractivity contribution is 0.652. The summed E-state index contributed by atoms with van der Waals surface area (Å²) in [4.78, 5) is 4.82. The smallest absolute Gasteiger partial charge is 0.0494 e. The van der Waals surface area contributed by atoms with Gasteiger partial charge in [-0.05, 0) is 35.9 Å². The molecule has 0 bridgehead atoms. The van der Waals surface area contributed by atoms with Gasteiger partial charge in [0, 0.05) is 48.5 Å². The van der Waals surface area contributed by atoms with Crippen LogP contribution in [0.2, 0.25) is 5.02 Å². The van der Waals surface area contributed by atoms with Gasteiger partial charge in [-0.3, -0.25) is 0 Å². The summed E-state index contributed by atoms with van der Waals surface area (Å²) in [5, 5.41) is 0.786. The molecule has 0 amide bonds. The minimum Gasteiger partial charge on any atom is -0.368 e. The molecule has 1 saturated heterocycles. The highest BCUT2D eigenvalue weighted by Crippen LogP contribution is 2.25. The Hall–Kier alpha value is -1.38. The minimum absolute atomic E-state index is 0.563. The standard InChI is InChI=1S/C17H18Cl2N2/c18-13-14-3-1-2-4-17(14)21-11-9-20(10-12-21)16-7-5-15(19)6-8-16/h1-8H,9-13H2. The van der Waals surface area contributed by atoms with Crippen molar-refractivity contribution in [1.29, 1.82) is 0 Å². The van der Waals surface area contributed by atoms with Crippen LogP contribution < -0.4 is 9.80 Å². The second-order valence-corrected chi connectivity index (χ2v) is 5.92. The van der Waals surface area contributed by atoms with Crippen LogP contribution in [0.1, 0.15) is 5.56 Å².